The Hall–Kier alpha value is -1.59. The number of halogens is 2. The number of nitrogens with one attached hydrogen (secondary N) is 1. The average molecular weight is 309 g/mol. The molecule has 1 aliphatic heterocycles. The van der Waals surface area contributed by atoms with Crippen LogP contribution in [0.2, 0.25) is 5.02 Å². The number of thioether (sulfide) groups is 1. The smallest absolute Gasteiger partial charge is 0.235 e. The third-order valence-corrected chi connectivity index (χ3v) is 4.47. The van der Waals surface area contributed by atoms with Gasteiger partial charge in [0.15, 0.2) is 0 Å². The molecule has 2 heterocycles. The molecule has 3 nitrogen and oxygen atoms in total. The van der Waals surface area contributed by atoms with E-state index < -0.39 is 0 Å². The number of carbonyl (C=O) groups excluding carboxylic acids is 1. The van der Waals surface area contributed by atoms with Gasteiger partial charge in [0, 0.05) is 11.8 Å². The molecule has 0 fully saturated rings. The molecule has 2 aromatic rings. The Bertz CT molecular complexity index is 663. The van der Waals surface area contributed by atoms with Crippen LogP contribution in [-0.2, 0) is 4.79 Å². The number of aromatic nitrogens is 1. The molecule has 1 aliphatic rings. The molecule has 1 unspecified atom stereocenters. The molecule has 6 heteroatoms. The maximum atomic E-state index is 13.0. The summed E-state index contributed by atoms with van der Waals surface area (Å²) in [6, 6.07) is 8.04. The Kier molecular flexibility index (Phi) is 3.63. The zero-order chi connectivity index (χ0) is 14.1. The summed E-state index contributed by atoms with van der Waals surface area (Å²) < 4.78 is 13.0. The van der Waals surface area contributed by atoms with Crippen molar-refractivity contribution >= 4 is 35.1 Å². The summed E-state index contributed by atoms with van der Waals surface area (Å²) in [5, 5.41) is 3.16. The van der Waals surface area contributed by atoms with Crippen molar-refractivity contribution in [3.63, 3.8) is 0 Å². The minimum absolute atomic E-state index is 0.101. The molecule has 1 amide bonds. The quantitative estimate of drug-likeness (QED) is 0.874. The van der Waals surface area contributed by atoms with E-state index in [0.29, 0.717) is 16.6 Å². The van der Waals surface area contributed by atoms with Crippen molar-refractivity contribution in [1.29, 1.82) is 0 Å². The van der Waals surface area contributed by atoms with Gasteiger partial charge in [0.1, 0.15) is 11.6 Å². The molecule has 0 bridgehead atoms. The number of fused-ring (bicyclic) bond motifs is 1. The van der Waals surface area contributed by atoms with Crippen LogP contribution in [-0.4, -0.2) is 16.6 Å². The van der Waals surface area contributed by atoms with Crippen LogP contribution in [0.25, 0.3) is 0 Å². The number of benzene rings is 1. The second-order valence-corrected chi connectivity index (χ2v) is 5.91. The summed E-state index contributed by atoms with van der Waals surface area (Å²) >= 11 is 7.47. The molecule has 1 aromatic carbocycles. The van der Waals surface area contributed by atoms with Crippen molar-refractivity contribution < 1.29 is 9.18 Å². The lowest BCUT2D eigenvalue weighted by Crippen LogP contribution is -2.13. The van der Waals surface area contributed by atoms with Crippen LogP contribution in [0.5, 0.6) is 0 Å². The number of pyridine rings is 1. The van der Waals surface area contributed by atoms with Gasteiger partial charge in [-0.05, 0) is 23.8 Å². The van der Waals surface area contributed by atoms with E-state index in [1.54, 1.807) is 18.2 Å². The van der Waals surface area contributed by atoms with Gasteiger partial charge in [-0.3, -0.25) is 4.79 Å². The fourth-order valence-electron chi connectivity index (χ4n) is 2.09. The Morgan fingerprint density at radius 3 is 2.85 bits per heavy atom. The van der Waals surface area contributed by atoms with Crippen molar-refractivity contribution in [2.45, 2.75) is 5.25 Å². The summed E-state index contributed by atoms with van der Waals surface area (Å²) in [4.78, 5) is 15.9. The molecule has 0 saturated heterocycles. The Morgan fingerprint density at radius 1 is 1.35 bits per heavy atom. The summed E-state index contributed by atoms with van der Waals surface area (Å²) in [5.41, 5.74) is 1.75. The van der Waals surface area contributed by atoms with Crippen LogP contribution in [0.4, 0.5) is 10.2 Å². The van der Waals surface area contributed by atoms with Crippen LogP contribution >= 0.6 is 23.4 Å². The van der Waals surface area contributed by atoms with Crippen molar-refractivity contribution in [3.8, 4) is 0 Å². The molecular formula is C14H10ClFN2OS. The molecule has 1 N–H and O–H groups in total. The SMILES string of the molecule is O=C1CSC(c2ccc(F)cc2)c2cc(Cl)cnc2N1. The lowest BCUT2D eigenvalue weighted by atomic mass is 10.0. The molecular weight excluding hydrogens is 299 g/mol. The molecule has 0 saturated carbocycles. The highest BCUT2D eigenvalue weighted by Crippen LogP contribution is 2.41. The molecule has 3 rings (SSSR count). The van der Waals surface area contributed by atoms with Gasteiger partial charge < -0.3 is 5.32 Å². The van der Waals surface area contributed by atoms with E-state index >= 15 is 0 Å². The summed E-state index contributed by atoms with van der Waals surface area (Å²) in [6.07, 6.45) is 1.50. The van der Waals surface area contributed by atoms with E-state index in [1.807, 2.05) is 0 Å². The van der Waals surface area contributed by atoms with Gasteiger partial charge in [-0.1, -0.05) is 23.7 Å². The van der Waals surface area contributed by atoms with Crippen molar-refractivity contribution in [2.75, 3.05) is 11.1 Å². The van der Waals surface area contributed by atoms with Crippen LogP contribution in [0.15, 0.2) is 36.5 Å². The first-order chi connectivity index (χ1) is 9.63. The van der Waals surface area contributed by atoms with Crippen LogP contribution in [0.3, 0.4) is 0 Å². The van der Waals surface area contributed by atoms with E-state index in [0.717, 1.165) is 11.1 Å². The van der Waals surface area contributed by atoms with E-state index in [4.69, 9.17) is 11.6 Å². The fraction of sp³-hybridized carbons (Fsp3) is 0.143. The largest absolute Gasteiger partial charge is 0.310 e. The number of hydrogen-bond acceptors (Lipinski definition) is 3. The van der Waals surface area contributed by atoms with E-state index in [-0.39, 0.29) is 17.0 Å². The van der Waals surface area contributed by atoms with Gasteiger partial charge in [0.25, 0.3) is 0 Å². The fourth-order valence-corrected chi connectivity index (χ4v) is 3.35. The highest BCUT2D eigenvalue weighted by atomic mass is 35.5. The van der Waals surface area contributed by atoms with Crippen molar-refractivity contribution in [2.24, 2.45) is 0 Å². The first-order valence-electron chi connectivity index (χ1n) is 5.96. The monoisotopic (exact) mass is 308 g/mol. The van der Waals surface area contributed by atoms with Crippen molar-refractivity contribution in [1.82, 2.24) is 4.98 Å². The first kappa shape index (κ1) is 13.4. The number of anilines is 1. The van der Waals surface area contributed by atoms with Gasteiger partial charge >= 0.3 is 0 Å². The topological polar surface area (TPSA) is 42.0 Å². The third kappa shape index (κ3) is 2.64. The maximum absolute atomic E-state index is 13.0. The Balaban J connectivity index is 2.09. The van der Waals surface area contributed by atoms with Crippen LogP contribution in [0, 0.1) is 5.82 Å². The first-order valence-corrected chi connectivity index (χ1v) is 7.38. The summed E-state index contributed by atoms with van der Waals surface area (Å²) in [5.74, 6) is 0.441. The second-order valence-electron chi connectivity index (χ2n) is 4.38. The molecule has 0 spiro atoms. The maximum Gasteiger partial charge on any atom is 0.235 e. The third-order valence-electron chi connectivity index (χ3n) is 2.98. The highest BCUT2D eigenvalue weighted by molar-refractivity contribution is 8.00. The van der Waals surface area contributed by atoms with Gasteiger partial charge in [0.2, 0.25) is 5.91 Å². The number of carbonyl (C=O) groups is 1. The minimum atomic E-state index is -0.286. The average Bonchev–Trinajstić information content (AvgIpc) is 2.58. The van der Waals surface area contributed by atoms with E-state index in [1.165, 1.54) is 30.1 Å². The predicted molar refractivity (Wildman–Crippen MR) is 78.6 cm³/mol. The van der Waals surface area contributed by atoms with Crippen LogP contribution in [0.1, 0.15) is 16.4 Å². The van der Waals surface area contributed by atoms with Gasteiger partial charge in [-0.25, -0.2) is 9.37 Å². The van der Waals surface area contributed by atoms with E-state index in [9.17, 15) is 9.18 Å². The summed E-state index contributed by atoms with van der Waals surface area (Å²) in [7, 11) is 0. The lowest BCUT2D eigenvalue weighted by Gasteiger charge is -2.16. The van der Waals surface area contributed by atoms with Gasteiger partial charge in [-0.15, -0.1) is 11.8 Å². The van der Waals surface area contributed by atoms with E-state index in [2.05, 4.69) is 10.3 Å². The standard InChI is InChI=1S/C14H10ClFN2OS/c15-9-5-11-13(8-1-3-10(16)4-2-8)20-7-12(19)18-14(11)17-6-9/h1-6,13H,7H2,(H,17,18,19). The number of rotatable bonds is 1. The number of hydrogen-bond donors (Lipinski definition) is 1. The molecule has 102 valence electrons. The minimum Gasteiger partial charge on any atom is -0.310 e. The van der Waals surface area contributed by atoms with Gasteiger partial charge in [0.05, 0.1) is 16.0 Å². The van der Waals surface area contributed by atoms with Crippen molar-refractivity contribution in [3.05, 3.63) is 58.5 Å². The molecule has 0 radical (unpaired) electrons. The Labute approximate surface area is 124 Å². The number of amides is 1. The molecule has 20 heavy (non-hydrogen) atoms. The second kappa shape index (κ2) is 5.42. The zero-order valence-electron chi connectivity index (χ0n) is 10.3. The Morgan fingerprint density at radius 2 is 2.10 bits per heavy atom. The molecule has 0 aliphatic carbocycles. The van der Waals surface area contributed by atoms with Crippen LogP contribution < -0.4 is 5.32 Å². The zero-order valence-corrected chi connectivity index (χ0v) is 11.8. The number of nitrogens with zero attached hydrogens (tertiary/aromatic N) is 1. The normalized spacial score (nSPS) is 18.1. The predicted octanol–water partition coefficient (Wildman–Crippen LogP) is 3.65. The lowest BCUT2D eigenvalue weighted by molar-refractivity contribution is -0.113. The molecule has 1 aromatic heterocycles. The summed E-state index contributed by atoms with van der Waals surface area (Å²) in [6.45, 7) is 0. The highest BCUT2D eigenvalue weighted by Gasteiger charge is 2.25. The molecule has 1 atom stereocenters. The van der Waals surface area contributed by atoms with Gasteiger partial charge in [-0.2, -0.15) is 0 Å².